The van der Waals surface area contributed by atoms with Gasteiger partial charge in [-0.1, -0.05) is 12.1 Å². The van der Waals surface area contributed by atoms with E-state index in [-0.39, 0.29) is 18.1 Å². The van der Waals surface area contributed by atoms with E-state index in [2.05, 4.69) is 14.7 Å². The van der Waals surface area contributed by atoms with Crippen molar-refractivity contribution in [3.05, 3.63) is 70.8 Å². The van der Waals surface area contributed by atoms with Crippen molar-refractivity contribution < 1.29 is 31.1 Å². The van der Waals surface area contributed by atoms with Crippen LogP contribution in [0.4, 0.5) is 32.3 Å². The number of halogens is 6. The van der Waals surface area contributed by atoms with Gasteiger partial charge in [0.2, 0.25) is 0 Å². The van der Waals surface area contributed by atoms with Crippen LogP contribution in [0.2, 0.25) is 0 Å². The number of nitrogens with zero attached hydrogens (tertiary/aromatic N) is 3. The summed E-state index contributed by atoms with van der Waals surface area (Å²) in [6, 6.07) is 6.37. The summed E-state index contributed by atoms with van der Waals surface area (Å²) in [6.45, 7) is 0. The van der Waals surface area contributed by atoms with Crippen LogP contribution in [0.5, 0.6) is 5.75 Å². The fraction of sp³-hybridized carbons (Fsp3) is 0.333. The molecule has 32 heavy (non-hydrogen) atoms. The number of nitrogens with two attached hydrogens (primary N) is 1. The van der Waals surface area contributed by atoms with E-state index < -0.39 is 23.6 Å². The summed E-state index contributed by atoms with van der Waals surface area (Å²) in [4.78, 5) is 7.96. The second kappa shape index (κ2) is 7.42. The van der Waals surface area contributed by atoms with Gasteiger partial charge in [0.15, 0.2) is 5.95 Å². The molecule has 2 N–H and O–H groups in total. The first-order valence-electron chi connectivity index (χ1n) is 9.58. The Kier molecular flexibility index (Phi) is 5.09. The molecule has 1 aliphatic carbocycles. The predicted octanol–water partition coefficient (Wildman–Crippen LogP) is 4.79. The molecular formula is C21H18F6N4O. The molecule has 2 aromatic heterocycles. The average Bonchev–Trinajstić information content (AvgIpc) is 3.21. The van der Waals surface area contributed by atoms with E-state index in [0.717, 1.165) is 17.8 Å². The molecule has 0 bridgehead atoms. The Morgan fingerprint density at radius 2 is 1.88 bits per heavy atom. The van der Waals surface area contributed by atoms with Gasteiger partial charge < -0.3 is 15.0 Å². The van der Waals surface area contributed by atoms with E-state index in [1.165, 1.54) is 18.2 Å². The highest BCUT2D eigenvalue weighted by Gasteiger charge is 2.43. The van der Waals surface area contributed by atoms with E-state index in [9.17, 15) is 26.3 Å². The van der Waals surface area contributed by atoms with Gasteiger partial charge in [0.1, 0.15) is 11.4 Å². The quantitative estimate of drug-likeness (QED) is 0.574. The molecule has 0 saturated carbocycles. The highest BCUT2D eigenvalue weighted by molar-refractivity contribution is 5.51. The van der Waals surface area contributed by atoms with E-state index in [1.54, 1.807) is 23.9 Å². The van der Waals surface area contributed by atoms with Crippen LogP contribution in [-0.2, 0) is 31.5 Å². The minimum Gasteiger partial charge on any atom is -0.406 e. The molecule has 1 aliphatic rings. The molecule has 1 unspecified atom stereocenters. The maximum Gasteiger partial charge on any atom is 0.573 e. The van der Waals surface area contributed by atoms with Crippen LogP contribution in [0.3, 0.4) is 0 Å². The summed E-state index contributed by atoms with van der Waals surface area (Å²) < 4.78 is 82.2. The Hall–Kier alpha value is -3.24. The average molecular weight is 456 g/mol. The third-order valence-corrected chi connectivity index (χ3v) is 5.67. The second-order valence-electron chi connectivity index (χ2n) is 7.77. The Bertz CT molecular complexity index is 1120. The lowest BCUT2D eigenvalue weighted by atomic mass is 9.74. The Labute approximate surface area is 178 Å². The number of pyridine rings is 1. The van der Waals surface area contributed by atoms with Crippen LogP contribution >= 0.6 is 0 Å². The molecule has 0 fully saturated rings. The van der Waals surface area contributed by atoms with Crippen LogP contribution in [0, 0.1) is 0 Å². The number of benzene rings is 1. The smallest absolute Gasteiger partial charge is 0.406 e. The monoisotopic (exact) mass is 456 g/mol. The van der Waals surface area contributed by atoms with Crippen molar-refractivity contribution in [1.82, 2.24) is 14.5 Å². The van der Waals surface area contributed by atoms with Gasteiger partial charge in [-0.3, -0.25) is 4.98 Å². The Morgan fingerprint density at radius 1 is 1.12 bits per heavy atom. The minimum atomic E-state index is -4.81. The zero-order chi connectivity index (χ0) is 23.3. The lowest BCUT2D eigenvalue weighted by Gasteiger charge is -2.29. The normalized spacial score (nSPS) is 18.6. The number of imidazole rings is 1. The largest absolute Gasteiger partial charge is 0.573 e. The van der Waals surface area contributed by atoms with Gasteiger partial charge in [0.25, 0.3) is 0 Å². The van der Waals surface area contributed by atoms with Gasteiger partial charge >= 0.3 is 12.5 Å². The number of rotatable bonds is 4. The third kappa shape index (κ3) is 4.11. The van der Waals surface area contributed by atoms with Gasteiger partial charge in [-0.15, -0.1) is 13.2 Å². The van der Waals surface area contributed by atoms with Crippen molar-refractivity contribution in [1.29, 1.82) is 0 Å². The lowest BCUT2D eigenvalue weighted by molar-refractivity contribution is -0.274. The number of aromatic nitrogens is 3. The maximum absolute atomic E-state index is 12.9. The van der Waals surface area contributed by atoms with E-state index >= 15 is 0 Å². The molecule has 1 aromatic carbocycles. The lowest BCUT2D eigenvalue weighted by Crippen LogP contribution is -2.28. The van der Waals surface area contributed by atoms with Gasteiger partial charge in [0.05, 0.1) is 5.69 Å². The number of fused-ring (bicyclic) bond motifs is 1. The SMILES string of the molecule is Cn1cc(C2(Cc3ccc(C(F)(F)F)nc3)CCc3cc(OC(F)(F)F)ccc32)nc1N. The summed E-state index contributed by atoms with van der Waals surface area (Å²) in [6.07, 6.45) is -5.31. The van der Waals surface area contributed by atoms with Crippen molar-refractivity contribution in [2.24, 2.45) is 7.05 Å². The van der Waals surface area contributed by atoms with Crippen molar-refractivity contribution in [2.45, 2.75) is 37.2 Å². The first-order valence-corrected chi connectivity index (χ1v) is 9.58. The Morgan fingerprint density at radius 3 is 2.44 bits per heavy atom. The molecule has 2 heterocycles. The molecule has 5 nitrogen and oxygen atoms in total. The molecule has 0 aliphatic heterocycles. The highest BCUT2D eigenvalue weighted by Crippen LogP contribution is 2.47. The summed E-state index contributed by atoms with van der Waals surface area (Å²) in [5.74, 6) is -0.0841. The van der Waals surface area contributed by atoms with E-state index in [4.69, 9.17) is 5.73 Å². The van der Waals surface area contributed by atoms with E-state index in [1.807, 2.05) is 0 Å². The topological polar surface area (TPSA) is 66.0 Å². The molecular weight excluding hydrogens is 438 g/mol. The number of alkyl halides is 6. The van der Waals surface area contributed by atoms with Crippen molar-refractivity contribution >= 4 is 5.95 Å². The fourth-order valence-corrected chi connectivity index (χ4v) is 4.22. The molecule has 0 amide bonds. The number of aryl methyl sites for hydroxylation is 2. The van der Waals surface area contributed by atoms with Gasteiger partial charge in [-0.2, -0.15) is 13.2 Å². The van der Waals surface area contributed by atoms with E-state index in [0.29, 0.717) is 29.7 Å². The number of anilines is 1. The molecule has 4 rings (SSSR count). The van der Waals surface area contributed by atoms with Crippen LogP contribution in [0.15, 0.2) is 42.7 Å². The van der Waals surface area contributed by atoms with Crippen molar-refractivity contribution in [3.8, 4) is 5.75 Å². The zero-order valence-electron chi connectivity index (χ0n) is 16.8. The molecule has 3 aromatic rings. The summed E-state index contributed by atoms with van der Waals surface area (Å²) >= 11 is 0. The van der Waals surface area contributed by atoms with Crippen LogP contribution in [0.1, 0.15) is 34.5 Å². The van der Waals surface area contributed by atoms with Gasteiger partial charge in [0, 0.05) is 24.9 Å². The zero-order valence-corrected chi connectivity index (χ0v) is 16.8. The molecule has 0 radical (unpaired) electrons. The van der Waals surface area contributed by atoms with Crippen LogP contribution in [-0.4, -0.2) is 20.9 Å². The minimum absolute atomic E-state index is 0.246. The summed E-state index contributed by atoms with van der Waals surface area (Å²) in [7, 11) is 1.70. The Balaban J connectivity index is 1.76. The van der Waals surface area contributed by atoms with Crippen LogP contribution in [0.25, 0.3) is 0 Å². The highest BCUT2D eigenvalue weighted by atomic mass is 19.4. The molecule has 170 valence electrons. The molecule has 0 spiro atoms. The summed E-state index contributed by atoms with van der Waals surface area (Å²) in [5.41, 5.74) is 6.61. The number of ether oxygens (including phenoxy) is 1. The summed E-state index contributed by atoms with van der Waals surface area (Å²) in [5, 5.41) is 0. The second-order valence-corrected chi connectivity index (χ2v) is 7.77. The van der Waals surface area contributed by atoms with Crippen LogP contribution < -0.4 is 10.5 Å². The molecule has 0 saturated heterocycles. The standard InChI is InChI=1S/C21H18F6N4O/c1-31-11-17(30-18(31)28)19(9-12-2-5-16(29-10-12)20(22,23)24)7-6-13-8-14(3-4-15(13)19)32-21(25,26)27/h2-5,8,10-11H,6-7,9H2,1H3,(H2,28,30). The molecule has 1 atom stereocenters. The van der Waals surface area contributed by atoms with Gasteiger partial charge in [-0.05, 0) is 54.2 Å². The fourth-order valence-electron chi connectivity index (χ4n) is 4.22. The third-order valence-electron chi connectivity index (χ3n) is 5.67. The first-order chi connectivity index (χ1) is 14.9. The first kappa shape index (κ1) is 22.0. The van der Waals surface area contributed by atoms with Gasteiger partial charge in [-0.25, -0.2) is 4.98 Å². The molecule has 11 heteroatoms. The number of hydrogen-bond donors (Lipinski definition) is 1. The maximum atomic E-state index is 12.9. The predicted molar refractivity (Wildman–Crippen MR) is 103 cm³/mol. The van der Waals surface area contributed by atoms with Crippen molar-refractivity contribution in [2.75, 3.05) is 5.73 Å². The number of nitrogen functional groups attached to an aromatic ring is 1. The number of hydrogen-bond acceptors (Lipinski definition) is 4. The van der Waals surface area contributed by atoms with Crippen molar-refractivity contribution in [3.63, 3.8) is 0 Å².